The predicted octanol–water partition coefficient (Wildman–Crippen LogP) is 2.51. The first kappa shape index (κ1) is 7.65. The monoisotopic (exact) mass is 172 g/mol. The molecule has 0 saturated carbocycles. The Balaban J connectivity index is 2.78. The van der Waals surface area contributed by atoms with Gasteiger partial charge in [0.25, 0.3) is 0 Å². The molecule has 0 atom stereocenters. The molecule has 0 unspecified atom stereocenters. The van der Waals surface area contributed by atoms with Gasteiger partial charge >= 0.3 is 0 Å². The van der Waals surface area contributed by atoms with Gasteiger partial charge in [0, 0.05) is 5.56 Å². The van der Waals surface area contributed by atoms with Crippen molar-refractivity contribution in [3.05, 3.63) is 34.1 Å². The molecular formula is C9H7F3. The van der Waals surface area contributed by atoms with Crippen molar-refractivity contribution < 1.29 is 13.2 Å². The molecule has 0 bridgehead atoms. The van der Waals surface area contributed by atoms with E-state index >= 15 is 0 Å². The third-order valence-corrected chi connectivity index (χ3v) is 2.37. The topological polar surface area (TPSA) is 0 Å². The minimum atomic E-state index is -1.04. The summed E-state index contributed by atoms with van der Waals surface area (Å²) < 4.78 is 38.9. The van der Waals surface area contributed by atoms with Crippen LogP contribution in [0.15, 0.2) is 0 Å². The Morgan fingerprint density at radius 3 is 1.83 bits per heavy atom. The van der Waals surface area contributed by atoms with Gasteiger partial charge in [-0.2, -0.15) is 0 Å². The van der Waals surface area contributed by atoms with Crippen molar-refractivity contribution in [3.8, 4) is 0 Å². The van der Waals surface area contributed by atoms with Crippen molar-refractivity contribution in [2.75, 3.05) is 0 Å². The largest absolute Gasteiger partial charge is 0.206 e. The molecule has 2 rings (SSSR count). The molecule has 0 N–H and O–H groups in total. The summed E-state index contributed by atoms with van der Waals surface area (Å²) in [6, 6.07) is 0. The normalized spacial score (nSPS) is 14.0. The molecule has 0 nitrogen and oxygen atoms in total. The summed E-state index contributed by atoms with van der Waals surface area (Å²) in [4.78, 5) is 0. The average molecular weight is 172 g/mol. The number of rotatable bonds is 0. The van der Waals surface area contributed by atoms with Gasteiger partial charge in [0.1, 0.15) is 5.82 Å². The van der Waals surface area contributed by atoms with E-state index < -0.39 is 17.5 Å². The number of hydrogen-bond acceptors (Lipinski definition) is 0. The summed E-state index contributed by atoms with van der Waals surface area (Å²) in [5.74, 6) is -2.48. The first-order valence-corrected chi connectivity index (χ1v) is 3.77. The van der Waals surface area contributed by atoms with Gasteiger partial charge in [-0.25, -0.2) is 13.2 Å². The molecule has 1 aliphatic rings. The zero-order chi connectivity index (χ0) is 8.88. The lowest BCUT2D eigenvalue weighted by molar-refractivity contribution is 0.457. The molecule has 0 amide bonds. The van der Waals surface area contributed by atoms with E-state index in [2.05, 4.69) is 0 Å². The Bertz CT molecular complexity index is 265. The minimum absolute atomic E-state index is 0.203. The zero-order valence-electron chi connectivity index (χ0n) is 6.55. The lowest BCUT2D eigenvalue weighted by Crippen LogP contribution is -2.17. The van der Waals surface area contributed by atoms with Crippen molar-refractivity contribution in [2.24, 2.45) is 0 Å². The van der Waals surface area contributed by atoms with E-state index in [1.54, 1.807) is 0 Å². The van der Waals surface area contributed by atoms with Gasteiger partial charge in [0.15, 0.2) is 11.6 Å². The second-order valence-corrected chi connectivity index (χ2v) is 3.02. The fourth-order valence-corrected chi connectivity index (χ4v) is 1.48. The average Bonchev–Trinajstić information content (AvgIpc) is 1.97. The van der Waals surface area contributed by atoms with E-state index in [0.29, 0.717) is 18.4 Å². The van der Waals surface area contributed by atoms with Gasteiger partial charge in [0.2, 0.25) is 0 Å². The Morgan fingerprint density at radius 1 is 0.833 bits per heavy atom. The highest BCUT2D eigenvalue weighted by Gasteiger charge is 2.27. The number of halogens is 3. The fraction of sp³-hybridized carbons (Fsp3) is 0.333. The maximum atomic E-state index is 13.1. The molecular weight excluding hydrogens is 165 g/mol. The highest BCUT2D eigenvalue weighted by molar-refractivity contribution is 5.41. The van der Waals surface area contributed by atoms with Crippen molar-refractivity contribution >= 4 is 0 Å². The molecule has 0 saturated heterocycles. The van der Waals surface area contributed by atoms with E-state index in [1.165, 1.54) is 6.92 Å². The molecule has 1 aromatic carbocycles. The molecule has 64 valence electrons. The van der Waals surface area contributed by atoms with E-state index in [9.17, 15) is 13.2 Å². The van der Waals surface area contributed by atoms with Crippen LogP contribution in [0.25, 0.3) is 0 Å². The third-order valence-electron chi connectivity index (χ3n) is 2.37. The van der Waals surface area contributed by atoms with Crippen molar-refractivity contribution in [1.29, 1.82) is 0 Å². The summed E-state index contributed by atoms with van der Waals surface area (Å²) in [5, 5.41) is 0. The molecule has 12 heavy (non-hydrogen) atoms. The Kier molecular flexibility index (Phi) is 1.43. The summed E-state index contributed by atoms with van der Waals surface area (Å²) in [6.45, 7) is 1.26. The molecule has 0 radical (unpaired) electrons. The number of hydrogen-bond donors (Lipinski definition) is 0. The van der Waals surface area contributed by atoms with Gasteiger partial charge in [-0.05, 0) is 30.9 Å². The van der Waals surface area contributed by atoms with Gasteiger partial charge < -0.3 is 0 Å². The van der Waals surface area contributed by atoms with E-state index in [-0.39, 0.29) is 11.1 Å². The maximum Gasteiger partial charge on any atom is 0.164 e. The first-order valence-electron chi connectivity index (χ1n) is 3.77. The predicted molar refractivity (Wildman–Crippen MR) is 38.5 cm³/mol. The van der Waals surface area contributed by atoms with E-state index in [1.807, 2.05) is 0 Å². The van der Waals surface area contributed by atoms with Gasteiger partial charge in [-0.3, -0.25) is 0 Å². The molecule has 0 aromatic heterocycles. The quantitative estimate of drug-likeness (QED) is 0.527. The van der Waals surface area contributed by atoms with E-state index in [0.717, 1.165) is 0 Å². The Hall–Kier alpha value is -0.990. The zero-order valence-corrected chi connectivity index (χ0v) is 6.55. The second kappa shape index (κ2) is 2.25. The van der Waals surface area contributed by atoms with Gasteiger partial charge in [-0.15, -0.1) is 0 Å². The summed E-state index contributed by atoms with van der Waals surface area (Å²) >= 11 is 0. The van der Waals surface area contributed by atoms with Crippen LogP contribution in [0.3, 0.4) is 0 Å². The van der Waals surface area contributed by atoms with Crippen LogP contribution in [-0.2, 0) is 12.8 Å². The van der Waals surface area contributed by atoms with Crippen LogP contribution in [0.1, 0.15) is 16.7 Å². The van der Waals surface area contributed by atoms with Gasteiger partial charge in [-0.1, -0.05) is 0 Å². The highest BCUT2D eigenvalue weighted by atomic mass is 19.2. The lowest BCUT2D eigenvalue weighted by atomic mass is 9.86. The Morgan fingerprint density at radius 2 is 1.33 bits per heavy atom. The molecule has 1 aromatic rings. The van der Waals surface area contributed by atoms with Crippen LogP contribution in [0.4, 0.5) is 13.2 Å². The molecule has 1 aliphatic carbocycles. The van der Waals surface area contributed by atoms with Crippen molar-refractivity contribution in [1.82, 2.24) is 0 Å². The van der Waals surface area contributed by atoms with Crippen molar-refractivity contribution in [2.45, 2.75) is 19.8 Å². The van der Waals surface area contributed by atoms with Crippen LogP contribution in [0, 0.1) is 24.4 Å². The molecule has 0 heterocycles. The van der Waals surface area contributed by atoms with Crippen LogP contribution in [0.2, 0.25) is 0 Å². The second-order valence-electron chi connectivity index (χ2n) is 3.02. The van der Waals surface area contributed by atoms with Crippen LogP contribution in [0.5, 0.6) is 0 Å². The Labute approximate surface area is 68.0 Å². The molecule has 3 heteroatoms. The van der Waals surface area contributed by atoms with Crippen LogP contribution >= 0.6 is 0 Å². The van der Waals surface area contributed by atoms with E-state index in [4.69, 9.17) is 0 Å². The number of benzene rings is 1. The van der Waals surface area contributed by atoms with Crippen LogP contribution in [-0.4, -0.2) is 0 Å². The highest BCUT2D eigenvalue weighted by Crippen LogP contribution is 2.32. The first-order chi connectivity index (χ1) is 5.63. The molecule has 0 spiro atoms. The smallest absolute Gasteiger partial charge is 0.164 e. The summed E-state index contributed by atoms with van der Waals surface area (Å²) in [5.41, 5.74) is 0.368. The lowest BCUT2D eigenvalue weighted by Gasteiger charge is -2.21. The SMILES string of the molecule is Cc1c(F)c(F)c2c(c1F)CC2. The molecule has 0 fully saturated rings. The third kappa shape index (κ3) is 0.737. The standard InChI is InChI=1S/C9H7F3/c1-4-7(10)5-2-3-6(5)9(12)8(4)11/h2-3H2,1H3. The summed E-state index contributed by atoms with van der Waals surface area (Å²) in [7, 11) is 0. The fourth-order valence-electron chi connectivity index (χ4n) is 1.48. The van der Waals surface area contributed by atoms with Crippen molar-refractivity contribution in [3.63, 3.8) is 0 Å². The minimum Gasteiger partial charge on any atom is -0.206 e. The summed E-state index contributed by atoms with van der Waals surface area (Å²) in [6.07, 6.45) is 0.981. The number of fused-ring (bicyclic) bond motifs is 1. The maximum absolute atomic E-state index is 13.1. The van der Waals surface area contributed by atoms with Crippen LogP contribution < -0.4 is 0 Å². The van der Waals surface area contributed by atoms with Gasteiger partial charge in [0.05, 0.1) is 0 Å². The molecule has 0 aliphatic heterocycles.